The zero-order valence-electron chi connectivity index (χ0n) is 14.7. The highest BCUT2D eigenvalue weighted by molar-refractivity contribution is 5.98. The van der Waals surface area contributed by atoms with Crippen molar-refractivity contribution in [3.05, 3.63) is 75.8 Å². The predicted octanol–water partition coefficient (Wildman–Crippen LogP) is 3.13. The number of rotatable bonds is 5. The number of hydrogen-bond acceptors (Lipinski definition) is 5. The molecular weight excluding hydrogens is 348 g/mol. The summed E-state index contributed by atoms with van der Waals surface area (Å²) in [5.41, 5.74) is 2.37. The molecule has 0 fully saturated rings. The number of non-ortho nitro benzene ring substituents is 1. The Kier molecular flexibility index (Phi) is 5.30. The molecule has 1 aliphatic rings. The van der Waals surface area contributed by atoms with Gasteiger partial charge in [-0.1, -0.05) is 30.3 Å². The molecule has 0 unspecified atom stereocenters. The van der Waals surface area contributed by atoms with E-state index in [-0.39, 0.29) is 24.2 Å². The molecular formula is C20H18N2O5. The van der Waals surface area contributed by atoms with E-state index in [1.54, 1.807) is 11.0 Å². The van der Waals surface area contributed by atoms with Crippen LogP contribution in [0.2, 0.25) is 0 Å². The van der Waals surface area contributed by atoms with Crippen LogP contribution in [0.1, 0.15) is 18.1 Å². The first kappa shape index (κ1) is 18.3. The zero-order chi connectivity index (χ0) is 19.4. The molecule has 1 atom stereocenters. The summed E-state index contributed by atoms with van der Waals surface area (Å²) in [5.74, 6) is -0.973. The Labute approximate surface area is 156 Å². The average Bonchev–Trinajstić information content (AvgIpc) is 3.00. The maximum absolute atomic E-state index is 12.5. The summed E-state index contributed by atoms with van der Waals surface area (Å²) in [6, 6.07) is 13.5. The van der Waals surface area contributed by atoms with Gasteiger partial charge in [0.2, 0.25) is 0 Å². The van der Waals surface area contributed by atoms with E-state index in [1.165, 1.54) is 24.3 Å². The van der Waals surface area contributed by atoms with Crippen molar-refractivity contribution < 1.29 is 19.2 Å². The van der Waals surface area contributed by atoms with Crippen molar-refractivity contribution in [3.8, 4) is 0 Å². The standard InChI is InChI=1S/C20H18N2O5/c1-14-11-16-6-2-3-8-18(16)21(14)19(23)13-27-20(24)10-9-15-5-4-7-17(12-15)22(25)26/h2-10,12,14H,11,13H2,1H3/b10-9+/t14-/m0/s1. The second-order valence-electron chi connectivity index (χ2n) is 6.24. The van der Waals surface area contributed by atoms with Crippen molar-refractivity contribution >= 4 is 29.3 Å². The Morgan fingerprint density at radius 3 is 2.81 bits per heavy atom. The van der Waals surface area contributed by atoms with Crippen LogP contribution in [0.25, 0.3) is 6.08 Å². The number of para-hydroxylation sites is 1. The van der Waals surface area contributed by atoms with E-state index in [1.807, 2.05) is 31.2 Å². The molecule has 0 aliphatic carbocycles. The van der Waals surface area contributed by atoms with Gasteiger partial charge in [0.15, 0.2) is 6.61 Å². The minimum absolute atomic E-state index is 0.00834. The summed E-state index contributed by atoms with van der Waals surface area (Å²) in [4.78, 5) is 36.2. The van der Waals surface area contributed by atoms with E-state index < -0.39 is 10.9 Å². The number of nitro benzene ring substituents is 1. The Morgan fingerprint density at radius 2 is 2.04 bits per heavy atom. The van der Waals surface area contributed by atoms with Crippen LogP contribution in [-0.4, -0.2) is 29.4 Å². The molecule has 0 N–H and O–H groups in total. The van der Waals surface area contributed by atoms with Gasteiger partial charge in [-0.2, -0.15) is 0 Å². The fourth-order valence-electron chi connectivity index (χ4n) is 3.10. The van der Waals surface area contributed by atoms with Crippen molar-refractivity contribution in [3.63, 3.8) is 0 Å². The van der Waals surface area contributed by atoms with Crippen molar-refractivity contribution in [2.75, 3.05) is 11.5 Å². The minimum Gasteiger partial charge on any atom is -0.452 e. The summed E-state index contributed by atoms with van der Waals surface area (Å²) in [5, 5.41) is 10.8. The molecule has 2 aromatic carbocycles. The van der Waals surface area contributed by atoms with Crippen molar-refractivity contribution in [2.45, 2.75) is 19.4 Å². The van der Waals surface area contributed by atoms with Gasteiger partial charge in [0.25, 0.3) is 11.6 Å². The Bertz CT molecular complexity index is 922. The number of carbonyl (C=O) groups excluding carboxylic acids is 2. The van der Waals surface area contributed by atoms with Crippen LogP contribution < -0.4 is 4.90 Å². The lowest BCUT2D eigenvalue weighted by molar-refractivity contribution is -0.384. The Morgan fingerprint density at radius 1 is 1.26 bits per heavy atom. The van der Waals surface area contributed by atoms with Gasteiger partial charge < -0.3 is 9.64 Å². The lowest BCUT2D eigenvalue weighted by Gasteiger charge is -2.22. The number of ether oxygens (including phenoxy) is 1. The molecule has 1 amide bonds. The Hall–Kier alpha value is -3.48. The summed E-state index contributed by atoms with van der Waals surface area (Å²) >= 11 is 0. The number of anilines is 1. The smallest absolute Gasteiger partial charge is 0.331 e. The average molecular weight is 366 g/mol. The Balaban J connectivity index is 1.59. The largest absolute Gasteiger partial charge is 0.452 e. The van der Waals surface area contributed by atoms with Gasteiger partial charge in [-0.3, -0.25) is 14.9 Å². The highest BCUT2D eigenvalue weighted by Crippen LogP contribution is 2.31. The number of nitrogens with zero attached hydrogens (tertiary/aromatic N) is 2. The lowest BCUT2D eigenvalue weighted by atomic mass is 10.1. The highest BCUT2D eigenvalue weighted by atomic mass is 16.6. The summed E-state index contributed by atoms with van der Waals surface area (Å²) in [7, 11) is 0. The third kappa shape index (κ3) is 4.20. The number of benzene rings is 2. The molecule has 1 aliphatic heterocycles. The van der Waals surface area contributed by atoms with Crippen LogP contribution in [0.3, 0.4) is 0 Å². The molecule has 0 saturated heterocycles. The first-order chi connectivity index (χ1) is 13.0. The van der Waals surface area contributed by atoms with Crippen LogP contribution in [0, 0.1) is 10.1 Å². The summed E-state index contributed by atoms with van der Waals surface area (Å²) < 4.78 is 5.03. The minimum atomic E-state index is -0.685. The molecule has 0 bridgehead atoms. The number of esters is 1. The number of hydrogen-bond donors (Lipinski definition) is 0. The van der Waals surface area contributed by atoms with Gasteiger partial charge in [0.1, 0.15) is 0 Å². The fourth-order valence-corrected chi connectivity index (χ4v) is 3.10. The van der Waals surface area contributed by atoms with E-state index >= 15 is 0 Å². The van der Waals surface area contributed by atoms with Crippen LogP contribution in [0.15, 0.2) is 54.6 Å². The van der Waals surface area contributed by atoms with Crippen LogP contribution in [0.4, 0.5) is 11.4 Å². The zero-order valence-corrected chi connectivity index (χ0v) is 14.7. The first-order valence-corrected chi connectivity index (χ1v) is 8.45. The van der Waals surface area contributed by atoms with Gasteiger partial charge in [-0.15, -0.1) is 0 Å². The topological polar surface area (TPSA) is 89.8 Å². The number of amides is 1. The van der Waals surface area contributed by atoms with Crippen molar-refractivity contribution in [1.82, 2.24) is 0 Å². The van der Waals surface area contributed by atoms with E-state index in [4.69, 9.17) is 4.74 Å². The molecule has 3 rings (SSSR count). The molecule has 1 heterocycles. The highest BCUT2D eigenvalue weighted by Gasteiger charge is 2.30. The van der Waals surface area contributed by atoms with Gasteiger partial charge >= 0.3 is 5.97 Å². The van der Waals surface area contributed by atoms with Crippen molar-refractivity contribution in [2.24, 2.45) is 0 Å². The SMILES string of the molecule is C[C@H]1Cc2ccccc2N1C(=O)COC(=O)/C=C/c1cccc([N+](=O)[O-])c1. The maximum Gasteiger partial charge on any atom is 0.331 e. The molecule has 0 aromatic heterocycles. The molecule has 27 heavy (non-hydrogen) atoms. The van der Waals surface area contributed by atoms with Crippen LogP contribution >= 0.6 is 0 Å². The third-order valence-corrected chi connectivity index (χ3v) is 4.31. The summed E-state index contributed by atoms with van der Waals surface area (Å²) in [6.45, 7) is 1.58. The number of fused-ring (bicyclic) bond motifs is 1. The van der Waals surface area contributed by atoms with Gasteiger partial charge in [-0.25, -0.2) is 4.79 Å². The number of nitro groups is 1. The van der Waals surface area contributed by atoms with E-state index in [0.29, 0.717) is 5.56 Å². The molecule has 0 spiro atoms. The van der Waals surface area contributed by atoms with Gasteiger partial charge in [-0.05, 0) is 36.6 Å². The van der Waals surface area contributed by atoms with Gasteiger partial charge in [0.05, 0.1) is 4.92 Å². The first-order valence-electron chi connectivity index (χ1n) is 8.45. The number of carbonyl (C=O) groups is 2. The second-order valence-corrected chi connectivity index (χ2v) is 6.24. The van der Waals surface area contributed by atoms with Crippen LogP contribution in [0.5, 0.6) is 0 Å². The van der Waals surface area contributed by atoms with E-state index in [9.17, 15) is 19.7 Å². The molecule has 0 saturated carbocycles. The normalized spacial score (nSPS) is 15.6. The molecule has 138 valence electrons. The molecule has 7 heteroatoms. The summed E-state index contributed by atoms with van der Waals surface area (Å²) in [6.07, 6.45) is 3.32. The van der Waals surface area contributed by atoms with E-state index in [2.05, 4.69) is 0 Å². The van der Waals surface area contributed by atoms with Crippen LogP contribution in [-0.2, 0) is 20.7 Å². The monoisotopic (exact) mass is 366 g/mol. The molecule has 0 radical (unpaired) electrons. The second kappa shape index (κ2) is 7.82. The van der Waals surface area contributed by atoms with E-state index in [0.717, 1.165) is 23.7 Å². The van der Waals surface area contributed by atoms with Gasteiger partial charge in [0, 0.05) is 29.9 Å². The fraction of sp³-hybridized carbons (Fsp3) is 0.200. The quantitative estimate of drug-likeness (QED) is 0.351. The predicted molar refractivity (Wildman–Crippen MR) is 100 cm³/mol. The lowest BCUT2D eigenvalue weighted by Crippen LogP contribution is -2.38. The van der Waals surface area contributed by atoms with Crippen molar-refractivity contribution in [1.29, 1.82) is 0 Å². The molecule has 7 nitrogen and oxygen atoms in total. The third-order valence-electron chi connectivity index (χ3n) is 4.31. The molecule has 2 aromatic rings. The maximum atomic E-state index is 12.5.